The number of hydrogen-bond acceptors (Lipinski definition) is 4. The summed E-state index contributed by atoms with van der Waals surface area (Å²) in [6.07, 6.45) is -1.67. The molecule has 0 radical (unpaired) electrons. The van der Waals surface area contributed by atoms with E-state index in [0.29, 0.717) is 11.7 Å². The van der Waals surface area contributed by atoms with Crippen molar-refractivity contribution >= 4 is 11.6 Å². The van der Waals surface area contributed by atoms with E-state index in [2.05, 4.69) is 34.5 Å². The Morgan fingerprint density at radius 2 is 1.90 bits per heavy atom. The third-order valence-corrected chi connectivity index (χ3v) is 2.79. The van der Waals surface area contributed by atoms with Gasteiger partial charge in [-0.3, -0.25) is 4.68 Å². The maximum Gasteiger partial charge on any atom is 0.435 e. The molecule has 5 nitrogen and oxygen atoms in total. The molecule has 0 atom stereocenters. The van der Waals surface area contributed by atoms with Gasteiger partial charge in [0, 0.05) is 18.8 Å². The highest BCUT2D eigenvalue weighted by Gasteiger charge is 2.32. The van der Waals surface area contributed by atoms with Crippen molar-refractivity contribution in [2.45, 2.75) is 33.0 Å². The molecule has 1 N–H and O–H groups in total. The molecule has 0 saturated heterocycles. The second kappa shape index (κ2) is 6.11. The molecule has 0 aliphatic heterocycles. The van der Waals surface area contributed by atoms with Crippen LogP contribution >= 0.6 is 0 Å². The Hall–Kier alpha value is -2.12. The Bertz CT molecular complexity index is 574. The average molecular weight is 299 g/mol. The van der Waals surface area contributed by atoms with Gasteiger partial charge in [-0.15, -0.1) is 10.2 Å². The molecule has 0 aliphatic carbocycles. The van der Waals surface area contributed by atoms with Gasteiger partial charge in [-0.2, -0.15) is 18.3 Å². The van der Waals surface area contributed by atoms with E-state index in [-0.39, 0.29) is 5.82 Å². The van der Waals surface area contributed by atoms with Gasteiger partial charge in [-0.1, -0.05) is 13.8 Å². The molecule has 2 aromatic rings. The summed E-state index contributed by atoms with van der Waals surface area (Å²) >= 11 is 0. The Balaban J connectivity index is 1.98. The van der Waals surface area contributed by atoms with Crippen LogP contribution in [0.3, 0.4) is 0 Å². The molecule has 21 heavy (non-hydrogen) atoms. The first-order valence-corrected chi connectivity index (χ1v) is 6.56. The summed E-state index contributed by atoms with van der Waals surface area (Å²) in [5, 5.41) is 13.7. The molecule has 0 unspecified atom stereocenters. The zero-order valence-corrected chi connectivity index (χ0v) is 11.7. The van der Waals surface area contributed by atoms with E-state index in [1.54, 1.807) is 10.7 Å². The first-order chi connectivity index (χ1) is 9.84. The van der Waals surface area contributed by atoms with Crippen LogP contribution in [0.25, 0.3) is 0 Å². The van der Waals surface area contributed by atoms with E-state index in [9.17, 15) is 13.2 Å². The van der Waals surface area contributed by atoms with Crippen LogP contribution < -0.4 is 5.32 Å². The van der Waals surface area contributed by atoms with Crippen LogP contribution in [0.4, 0.5) is 24.8 Å². The average Bonchev–Trinajstić information content (AvgIpc) is 2.83. The van der Waals surface area contributed by atoms with Crippen LogP contribution in [0, 0.1) is 5.92 Å². The Kier molecular flexibility index (Phi) is 4.44. The molecule has 0 amide bonds. The Morgan fingerprint density at radius 3 is 2.48 bits per heavy atom. The first-order valence-electron chi connectivity index (χ1n) is 6.56. The Labute approximate surface area is 120 Å². The predicted octanol–water partition coefficient (Wildman–Crippen LogP) is 3.48. The molecule has 0 aromatic carbocycles. The van der Waals surface area contributed by atoms with Gasteiger partial charge in [0.05, 0.1) is 0 Å². The van der Waals surface area contributed by atoms with E-state index in [0.717, 1.165) is 19.0 Å². The highest BCUT2D eigenvalue weighted by molar-refractivity contribution is 5.50. The first kappa shape index (κ1) is 15.3. The number of aromatic nitrogens is 4. The number of alkyl halides is 3. The normalized spacial score (nSPS) is 11.9. The van der Waals surface area contributed by atoms with Crippen molar-refractivity contribution in [1.29, 1.82) is 0 Å². The molecule has 2 heterocycles. The summed E-state index contributed by atoms with van der Waals surface area (Å²) in [5.41, 5.74) is -1.02. The van der Waals surface area contributed by atoms with Gasteiger partial charge in [-0.05, 0) is 24.5 Å². The van der Waals surface area contributed by atoms with Crippen LogP contribution in [0.5, 0.6) is 0 Å². The van der Waals surface area contributed by atoms with Crippen molar-refractivity contribution in [2.24, 2.45) is 5.92 Å². The highest BCUT2D eigenvalue weighted by atomic mass is 19.4. The molecule has 0 aliphatic rings. The minimum atomic E-state index is -4.48. The molecule has 0 fully saturated rings. The number of nitrogens with zero attached hydrogens (tertiary/aromatic N) is 4. The van der Waals surface area contributed by atoms with E-state index in [1.165, 1.54) is 6.07 Å². The fourth-order valence-electron chi connectivity index (χ4n) is 1.62. The standard InChI is InChI=1S/C13H16F3N5/c1-9(2)5-7-21-8-6-12(20-21)17-11-4-3-10(18-19-11)13(14,15)16/h3-4,6,8-9H,5,7H2,1-2H3,(H,17,19,20). The van der Waals surface area contributed by atoms with E-state index >= 15 is 0 Å². The van der Waals surface area contributed by atoms with E-state index < -0.39 is 11.9 Å². The quantitative estimate of drug-likeness (QED) is 0.918. The van der Waals surface area contributed by atoms with Crippen LogP contribution in [0.1, 0.15) is 26.0 Å². The lowest BCUT2D eigenvalue weighted by Crippen LogP contribution is -2.09. The lowest BCUT2D eigenvalue weighted by molar-refractivity contribution is -0.141. The third kappa shape index (κ3) is 4.44. The van der Waals surface area contributed by atoms with Gasteiger partial charge in [0.2, 0.25) is 0 Å². The molecule has 0 spiro atoms. The maximum atomic E-state index is 12.4. The fraction of sp³-hybridized carbons (Fsp3) is 0.462. The summed E-state index contributed by atoms with van der Waals surface area (Å²) in [6.45, 7) is 5.04. The number of nitrogens with one attached hydrogen (secondary N) is 1. The molecule has 2 rings (SSSR count). The van der Waals surface area contributed by atoms with Crippen LogP contribution in [-0.2, 0) is 12.7 Å². The van der Waals surface area contributed by atoms with Gasteiger partial charge < -0.3 is 5.32 Å². The zero-order valence-electron chi connectivity index (χ0n) is 11.7. The van der Waals surface area contributed by atoms with Gasteiger partial charge in [-0.25, -0.2) is 0 Å². The van der Waals surface area contributed by atoms with Crippen molar-refractivity contribution in [3.63, 3.8) is 0 Å². The van der Waals surface area contributed by atoms with Gasteiger partial charge >= 0.3 is 6.18 Å². The van der Waals surface area contributed by atoms with Gasteiger partial charge in [0.25, 0.3) is 0 Å². The van der Waals surface area contributed by atoms with Crippen LogP contribution in [0.15, 0.2) is 24.4 Å². The second-order valence-electron chi connectivity index (χ2n) is 5.07. The summed E-state index contributed by atoms with van der Waals surface area (Å²) < 4.78 is 38.9. The minimum absolute atomic E-state index is 0.220. The SMILES string of the molecule is CC(C)CCn1ccc(Nc2ccc(C(F)(F)F)nn2)n1. The van der Waals surface area contributed by atoms with Crippen LogP contribution in [-0.4, -0.2) is 20.0 Å². The molecule has 8 heteroatoms. The van der Waals surface area contributed by atoms with Crippen molar-refractivity contribution < 1.29 is 13.2 Å². The topological polar surface area (TPSA) is 55.6 Å². The second-order valence-corrected chi connectivity index (χ2v) is 5.07. The number of hydrogen-bond donors (Lipinski definition) is 1. The lowest BCUT2D eigenvalue weighted by atomic mass is 10.1. The summed E-state index contributed by atoms with van der Waals surface area (Å²) in [4.78, 5) is 0. The molecular weight excluding hydrogens is 283 g/mol. The number of anilines is 2. The molecule has 114 valence electrons. The zero-order chi connectivity index (χ0) is 15.5. The molecule has 2 aromatic heterocycles. The van der Waals surface area contributed by atoms with Crippen molar-refractivity contribution in [3.05, 3.63) is 30.1 Å². The van der Waals surface area contributed by atoms with Crippen molar-refractivity contribution in [2.75, 3.05) is 5.32 Å². The smallest absolute Gasteiger partial charge is 0.322 e. The number of aryl methyl sites for hydroxylation is 1. The lowest BCUT2D eigenvalue weighted by Gasteiger charge is -2.06. The monoisotopic (exact) mass is 299 g/mol. The van der Waals surface area contributed by atoms with Crippen molar-refractivity contribution in [1.82, 2.24) is 20.0 Å². The maximum absolute atomic E-state index is 12.4. The third-order valence-electron chi connectivity index (χ3n) is 2.79. The number of halogens is 3. The van der Waals surface area contributed by atoms with E-state index in [4.69, 9.17) is 0 Å². The fourth-order valence-corrected chi connectivity index (χ4v) is 1.62. The minimum Gasteiger partial charge on any atom is -0.322 e. The van der Waals surface area contributed by atoms with Gasteiger partial charge in [0.15, 0.2) is 17.3 Å². The van der Waals surface area contributed by atoms with Crippen LogP contribution in [0.2, 0.25) is 0 Å². The summed E-state index contributed by atoms with van der Waals surface area (Å²) in [5.74, 6) is 1.32. The molecule has 0 saturated carbocycles. The summed E-state index contributed by atoms with van der Waals surface area (Å²) in [7, 11) is 0. The molecule has 0 bridgehead atoms. The van der Waals surface area contributed by atoms with E-state index in [1.807, 2.05) is 6.20 Å². The largest absolute Gasteiger partial charge is 0.435 e. The van der Waals surface area contributed by atoms with Crippen molar-refractivity contribution in [3.8, 4) is 0 Å². The Morgan fingerprint density at radius 1 is 1.14 bits per heavy atom. The van der Waals surface area contributed by atoms with Gasteiger partial charge in [0.1, 0.15) is 0 Å². The predicted molar refractivity (Wildman–Crippen MR) is 72.0 cm³/mol. The highest BCUT2D eigenvalue weighted by Crippen LogP contribution is 2.27. The number of rotatable bonds is 5. The summed E-state index contributed by atoms with van der Waals surface area (Å²) in [6, 6.07) is 3.84. The molecular formula is C13H16F3N5.